The van der Waals surface area contributed by atoms with E-state index >= 15 is 0 Å². The lowest BCUT2D eigenvalue weighted by Gasteiger charge is -2.18. The van der Waals surface area contributed by atoms with E-state index in [0.29, 0.717) is 16.9 Å². The third kappa shape index (κ3) is 3.84. The molecule has 1 saturated carbocycles. The highest BCUT2D eigenvalue weighted by atomic mass is 32.2. The van der Waals surface area contributed by atoms with E-state index in [9.17, 15) is 8.42 Å². The van der Waals surface area contributed by atoms with E-state index in [1.165, 1.54) is 42.9 Å². The van der Waals surface area contributed by atoms with Crippen LogP contribution in [-0.4, -0.2) is 37.7 Å². The van der Waals surface area contributed by atoms with Crippen LogP contribution in [0, 0.1) is 0 Å². The molecule has 2 heterocycles. The van der Waals surface area contributed by atoms with Gasteiger partial charge in [-0.05, 0) is 25.0 Å². The van der Waals surface area contributed by atoms with Crippen LogP contribution in [0.15, 0.2) is 23.2 Å². The monoisotopic (exact) mass is 367 g/mol. The summed E-state index contributed by atoms with van der Waals surface area (Å²) in [5.74, 6) is 1.11. The second-order valence-electron chi connectivity index (χ2n) is 6.13. The molecule has 1 fully saturated rings. The standard InChI is InChI=1S/C15H21N5O2S2/c1-20(2)13-9-8-12(10-16-13)24(21,22)19-15-18-17-14(23-15)11-6-4-3-5-7-11/h8-11H,3-7H2,1-2H3,(H,18,19). The molecule has 1 aliphatic carbocycles. The Morgan fingerprint density at radius 2 is 1.92 bits per heavy atom. The molecule has 130 valence electrons. The molecule has 0 radical (unpaired) electrons. The van der Waals surface area contributed by atoms with Gasteiger partial charge < -0.3 is 4.90 Å². The fourth-order valence-corrected chi connectivity index (χ4v) is 4.85. The minimum atomic E-state index is -3.70. The zero-order valence-corrected chi connectivity index (χ0v) is 15.4. The smallest absolute Gasteiger partial charge is 0.265 e. The van der Waals surface area contributed by atoms with E-state index in [1.807, 2.05) is 19.0 Å². The highest BCUT2D eigenvalue weighted by molar-refractivity contribution is 7.93. The minimum Gasteiger partial charge on any atom is -0.363 e. The molecule has 3 rings (SSSR count). The van der Waals surface area contributed by atoms with Crippen molar-refractivity contribution in [2.45, 2.75) is 42.9 Å². The first-order valence-electron chi connectivity index (χ1n) is 7.95. The number of nitrogens with zero attached hydrogens (tertiary/aromatic N) is 4. The fourth-order valence-electron chi connectivity index (χ4n) is 2.76. The lowest BCUT2D eigenvalue weighted by Crippen LogP contribution is -2.15. The lowest BCUT2D eigenvalue weighted by molar-refractivity contribution is 0.440. The van der Waals surface area contributed by atoms with Crippen molar-refractivity contribution in [3.63, 3.8) is 0 Å². The van der Waals surface area contributed by atoms with Gasteiger partial charge in [0.25, 0.3) is 10.0 Å². The highest BCUT2D eigenvalue weighted by Gasteiger charge is 2.22. The van der Waals surface area contributed by atoms with Gasteiger partial charge in [-0.25, -0.2) is 13.4 Å². The molecule has 1 aliphatic rings. The molecule has 2 aromatic heterocycles. The van der Waals surface area contributed by atoms with Crippen LogP contribution in [-0.2, 0) is 10.0 Å². The zero-order chi connectivity index (χ0) is 17.2. The van der Waals surface area contributed by atoms with Crippen molar-refractivity contribution in [3.8, 4) is 0 Å². The van der Waals surface area contributed by atoms with Crippen molar-refractivity contribution in [1.29, 1.82) is 0 Å². The summed E-state index contributed by atoms with van der Waals surface area (Å²) < 4.78 is 27.4. The van der Waals surface area contributed by atoms with Gasteiger partial charge in [0.2, 0.25) is 5.13 Å². The molecule has 0 aliphatic heterocycles. The summed E-state index contributed by atoms with van der Waals surface area (Å²) >= 11 is 1.33. The van der Waals surface area contributed by atoms with Crippen LogP contribution in [0.3, 0.4) is 0 Å². The maximum Gasteiger partial charge on any atom is 0.265 e. The molecule has 1 N–H and O–H groups in total. The van der Waals surface area contributed by atoms with Crippen LogP contribution in [0.2, 0.25) is 0 Å². The fraction of sp³-hybridized carbons (Fsp3) is 0.533. The van der Waals surface area contributed by atoms with E-state index in [1.54, 1.807) is 6.07 Å². The molecule has 2 aromatic rings. The first-order chi connectivity index (χ1) is 11.5. The average molecular weight is 368 g/mol. The van der Waals surface area contributed by atoms with Crippen LogP contribution in [0.4, 0.5) is 10.9 Å². The summed E-state index contributed by atoms with van der Waals surface area (Å²) in [6.07, 6.45) is 7.24. The maximum absolute atomic E-state index is 12.4. The van der Waals surface area contributed by atoms with Crippen LogP contribution in [0.25, 0.3) is 0 Å². The number of rotatable bonds is 5. The predicted octanol–water partition coefficient (Wildman–Crippen LogP) is 2.85. The van der Waals surface area contributed by atoms with Crippen molar-refractivity contribution in [3.05, 3.63) is 23.3 Å². The van der Waals surface area contributed by atoms with E-state index in [0.717, 1.165) is 17.8 Å². The summed E-state index contributed by atoms with van der Waals surface area (Å²) in [5, 5.41) is 9.41. The third-order valence-corrected chi connectivity index (χ3v) is 6.56. The van der Waals surface area contributed by atoms with Gasteiger partial charge in [-0.15, -0.1) is 10.2 Å². The van der Waals surface area contributed by atoms with Crippen molar-refractivity contribution in [2.24, 2.45) is 0 Å². The number of anilines is 2. The molecule has 0 atom stereocenters. The third-order valence-electron chi connectivity index (χ3n) is 4.11. The van der Waals surface area contributed by atoms with Crippen molar-refractivity contribution >= 4 is 32.3 Å². The molecule has 0 amide bonds. The predicted molar refractivity (Wildman–Crippen MR) is 95.1 cm³/mol. The molecular weight excluding hydrogens is 346 g/mol. The molecule has 0 bridgehead atoms. The normalized spacial score (nSPS) is 16.1. The first kappa shape index (κ1) is 17.1. The Kier molecular flexibility index (Phi) is 5.00. The largest absolute Gasteiger partial charge is 0.363 e. The topological polar surface area (TPSA) is 88.1 Å². The Morgan fingerprint density at radius 1 is 1.17 bits per heavy atom. The summed E-state index contributed by atoms with van der Waals surface area (Å²) in [4.78, 5) is 6.06. The zero-order valence-electron chi connectivity index (χ0n) is 13.8. The van der Waals surface area contributed by atoms with Gasteiger partial charge in [0.1, 0.15) is 15.7 Å². The number of hydrogen-bond acceptors (Lipinski definition) is 7. The van der Waals surface area contributed by atoms with Gasteiger partial charge in [-0.2, -0.15) is 0 Å². The Balaban J connectivity index is 1.73. The number of pyridine rings is 1. The Morgan fingerprint density at radius 3 is 2.54 bits per heavy atom. The van der Waals surface area contributed by atoms with E-state index in [-0.39, 0.29) is 4.90 Å². The molecule has 0 saturated heterocycles. The number of nitrogens with one attached hydrogen (secondary N) is 1. The van der Waals surface area contributed by atoms with E-state index < -0.39 is 10.0 Å². The number of aromatic nitrogens is 3. The van der Waals surface area contributed by atoms with Gasteiger partial charge in [0, 0.05) is 26.2 Å². The van der Waals surface area contributed by atoms with Gasteiger partial charge in [-0.1, -0.05) is 30.6 Å². The highest BCUT2D eigenvalue weighted by Crippen LogP contribution is 2.35. The molecule has 0 spiro atoms. The van der Waals surface area contributed by atoms with Gasteiger partial charge >= 0.3 is 0 Å². The molecule has 0 unspecified atom stereocenters. The second kappa shape index (κ2) is 7.02. The minimum absolute atomic E-state index is 0.113. The average Bonchev–Trinajstić information content (AvgIpc) is 3.03. The molecule has 7 nitrogen and oxygen atoms in total. The second-order valence-corrected chi connectivity index (χ2v) is 8.82. The summed E-state index contributed by atoms with van der Waals surface area (Å²) in [6.45, 7) is 0. The van der Waals surface area contributed by atoms with Crippen molar-refractivity contribution in [1.82, 2.24) is 15.2 Å². The summed E-state index contributed by atoms with van der Waals surface area (Å²) in [7, 11) is 0.00369. The van der Waals surface area contributed by atoms with Gasteiger partial charge in [-0.3, -0.25) is 4.72 Å². The first-order valence-corrected chi connectivity index (χ1v) is 10.3. The van der Waals surface area contributed by atoms with Crippen molar-refractivity contribution < 1.29 is 8.42 Å². The SMILES string of the molecule is CN(C)c1ccc(S(=O)(=O)Nc2nnc(C3CCCCC3)s2)cn1. The van der Waals surface area contributed by atoms with Gasteiger partial charge in [0.15, 0.2) is 0 Å². The Labute approximate surface area is 146 Å². The maximum atomic E-state index is 12.4. The van der Waals surface area contributed by atoms with Crippen molar-refractivity contribution in [2.75, 3.05) is 23.7 Å². The Hall–Kier alpha value is -1.74. The molecule has 0 aromatic carbocycles. The molecular formula is C15H21N5O2S2. The van der Waals surface area contributed by atoms with Crippen LogP contribution < -0.4 is 9.62 Å². The Bertz CT molecular complexity index is 780. The quantitative estimate of drug-likeness (QED) is 0.874. The van der Waals surface area contributed by atoms with E-state index in [2.05, 4.69) is 19.9 Å². The summed E-state index contributed by atoms with van der Waals surface area (Å²) in [6, 6.07) is 3.20. The van der Waals surface area contributed by atoms with Crippen LogP contribution in [0.1, 0.15) is 43.0 Å². The van der Waals surface area contributed by atoms with Gasteiger partial charge in [0.05, 0.1) is 0 Å². The van der Waals surface area contributed by atoms with Crippen LogP contribution >= 0.6 is 11.3 Å². The number of hydrogen-bond donors (Lipinski definition) is 1. The molecule has 9 heteroatoms. The lowest BCUT2D eigenvalue weighted by atomic mass is 9.90. The van der Waals surface area contributed by atoms with E-state index in [4.69, 9.17) is 0 Å². The summed E-state index contributed by atoms with van der Waals surface area (Å²) in [5.41, 5.74) is 0. The number of sulfonamides is 1. The van der Waals surface area contributed by atoms with Crippen LogP contribution in [0.5, 0.6) is 0 Å². The molecule has 24 heavy (non-hydrogen) atoms.